The van der Waals surface area contributed by atoms with Crippen LogP contribution in [-0.2, 0) is 6.05 Å². The fourth-order valence-corrected chi connectivity index (χ4v) is 4.83. The van der Waals surface area contributed by atoms with Crippen molar-refractivity contribution < 1.29 is 8.78 Å². The van der Waals surface area contributed by atoms with Crippen LogP contribution in [0.2, 0.25) is 5.02 Å². The molecule has 0 spiro atoms. The second kappa shape index (κ2) is 7.18. The van der Waals surface area contributed by atoms with Crippen LogP contribution in [0.3, 0.4) is 0 Å². The first-order chi connectivity index (χ1) is 14.4. The van der Waals surface area contributed by atoms with Crippen molar-refractivity contribution in [1.29, 1.82) is 0 Å². The minimum Gasteiger partial charge on any atom is -0.308 e. The lowest BCUT2D eigenvalue weighted by molar-refractivity contribution is 0.0250. The highest BCUT2D eigenvalue weighted by Crippen LogP contribution is 2.49. The van der Waals surface area contributed by atoms with Gasteiger partial charge in [-0.1, -0.05) is 71.4 Å². The Hall–Kier alpha value is -2.76. The standard InChI is InChI=1S/C24H17ClF2N2S/c1-15-7-10-18(11-8-15)30-22-19(16-5-3-2-4-6-16)14-29-21-13-17(25)9-12-20(21)24(26,27)28-23(22)29/h2-14,28H,1H3. The molecule has 2 nitrogen and oxygen atoms in total. The summed E-state index contributed by atoms with van der Waals surface area (Å²) in [6.07, 6.45) is 1.90. The van der Waals surface area contributed by atoms with Crippen molar-refractivity contribution in [3.8, 4) is 16.8 Å². The molecule has 0 unspecified atom stereocenters. The topological polar surface area (TPSA) is 17.0 Å². The number of fused-ring (bicyclic) bond motifs is 3. The number of nitrogens with one attached hydrogen (secondary N) is 1. The Kier molecular flexibility index (Phi) is 4.60. The van der Waals surface area contributed by atoms with Crippen LogP contribution in [0, 0.1) is 6.92 Å². The SMILES string of the molecule is Cc1ccc(Sc2c(-c3ccccc3)cn3c2NC(F)(F)c2ccc(Cl)cc2-3)cc1. The maximum Gasteiger partial charge on any atom is 0.353 e. The number of aromatic nitrogens is 1. The van der Waals surface area contributed by atoms with Gasteiger partial charge in [0, 0.05) is 21.7 Å². The molecule has 0 aliphatic carbocycles. The van der Waals surface area contributed by atoms with Crippen molar-refractivity contribution >= 4 is 29.2 Å². The second-order valence-electron chi connectivity index (χ2n) is 7.23. The Balaban J connectivity index is 1.74. The van der Waals surface area contributed by atoms with Gasteiger partial charge in [-0.25, -0.2) is 0 Å². The maximum absolute atomic E-state index is 15.0. The zero-order valence-electron chi connectivity index (χ0n) is 16.0. The highest BCUT2D eigenvalue weighted by molar-refractivity contribution is 7.99. The van der Waals surface area contributed by atoms with Gasteiger partial charge in [-0.3, -0.25) is 0 Å². The fraction of sp³-hybridized carbons (Fsp3) is 0.0833. The summed E-state index contributed by atoms with van der Waals surface area (Å²) < 4.78 is 31.8. The number of alkyl halides is 2. The van der Waals surface area contributed by atoms with E-state index in [1.807, 2.05) is 67.7 Å². The Labute approximate surface area is 182 Å². The first-order valence-corrected chi connectivity index (χ1v) is 10.6. The predicted octanol–water partition coefficient (Wildman–Crippen LogP) is 7.73. The van der Waals surface area contributed by atoms with Crippen LogP contribution in [0.1, 0.15) is 11.1 Å². The number of anilines is 1. The van der Waals surface area contributed by atoms with Crippen LogP contribution >= 0.6 is 23.4 Å². The Bertz CT molecular complexity index is 1230. The van der Waals surface area contributed by atoms with E-state index in [-0.39, 0.29) is 5.56 Å². The molecule has 1 aromatic heterocycles. The van der Waals surface area contributed by atoms with Gasteiger partial charge in [0.05, 0.1) is 16.1 Å². The van der Waals surface area contributed by atoms with E-state index in [0.29, 0.717) is 16.5 Å². The van der Waals surface area contributed by atoms with Gasteiger partial charge in [0.1, 0.15) is 5.82 Å². The second-order valence-corrected chi connectivity index (χ2v) is 8.75. The Morgan fingerprint density at radius 2 is 1.70 bits per heavy atom. The van der Waals surface area contributed by atoms with Crippen LogP contribution in [0.4, 0.5) is 14.6 Å². The van der Waals surface area contributed by atoms with Crippen molar-refractivity contribution in [2.24, 2.45) is 0 Å². The predicted molar refractivity (Wildman–Crippen MR) is 119 cm³/mol. The monoisotopic (exact) mass is 438 g/mol. The molecule has 0 radical (unpaired) electrons. The average molecular weight is 439 g/mol. The number of benzene rings is 3. The van der Waals surface area contributed by atoms with Crippen LogP contribution < -0.4 is 5.32 Å². The first-order valence-electron chi connectivity index (χ1n) is 9.44. The summed E-state index contributed by atoms with van der Waals surface area (Å²) in [7, 11) is 0. The van der Waals surface area contributed by atoms with Gasteiger partial charge >= 0.3 is 6.05 Å². The molecular formula is C24H17ClF2N2S. The van der Waals surface area contributed by atoms with Gasteiger partial charge in [-0.15, -0.1) is 0 Å². The van der Waals surface area contributed by atoms with E-state index in [1.54, 1.807) is 10.6 Å². The molecule has 1 aliphatic rings. The number of aryl methyl sites for hydroxylation is 1. The van der Waals surface area contributed by atoms with Gasteiger partial charge in [0.2, 0.25) is 0 Å². The number of rotatable bonds is 3. The molecule has 30 heavy (non-hydrogen) atoms. The minimum atomic E-state index is -3.20. The van der Waals surface area contributed by atoms with Crippen molar-refractivity contribution in [2.45, 2.75) is 22.8 Å². The Morgan fingerprint density at radius 3 is 2.43 bits per heavy atom. The van der Waals surface area contributed by atoms with Gasteiger partial charge in [0.25, 0.3) is 0 Å². The summed E-state index contributed by atoms with van der Waals surface area (Å²) in [6, 6.07) is 19.1. The first kappa shape index (κ1) is 19.2. The molecule has 0 bridgehead atoms. The number of hydrogen-bond donors (Lipinski definition) is 1. The molecule has 0 saturated heterocycles. The molecule has 0 amide bonds. The van der Waals surface area contributed by atoms with Crippen LogP contribution in [0.5, 0.6) is 0 Å². The third-order valence-corrected chi connectivity index (χ3v) is 6.48. The highest BCUT2D eigenvalue weighted by Gasteiger charge is 2.41. The zero-order valence-corrected chi connectivity index (χ0v) is 17.6. The van der Waals surface area contributed by atoms with Gasteiger partial charge in [-0.2, -0.15) is 8.78 Å². The summed E-state index contributed by atoms with van der Waals surface area (Å²) in [4.78, 5) is 1.73. The molecule has 4 aromatic rings. The third-order valence-electron chi connectivity index (χ3n) is 5.12. The van der Waals surface area contributed by atoms with Crippen molar-refractivity contribution in [3.05, 3.63) is 95.1 Å². The summed E-state index contributed by atoms with van der Waals surface area (Å²) in [6.45, 7) is 2.02. The molecule has 3 aromatic carbocycles. The number of hydrogen-bond acceptors (Lipinski definition) is 2. The smallest absolute Gasteiger partial charge is 0.308 e. The number of halogens is 3. The van der Waals surface area contributed by atoms with Crippen molar-refractivity contribution in [3.63, 3.8) is 0 Å². The van der Waals surface area contributed by atoms with Crippen molar-refractivity contribution in [1.82, 2.24) is 4.57 Å². The van der Waals surface area contributed by atoms with Crippen LogP contribution in [0.15, 0.2) is 88.8 Å². The molecule has 5 rings (SSSR count). The van der Waals surface area contributed by atoms with Crippen LogP contribution in [-0.4, -0.2) is 4.57 Å². The molecule has 0 atom stereocenters. The largest absolute Gasteiger partial charge is 0.353 e. The van der Waals surface area contributed by atoms with Crippen LogP contribution in [0.25, 0.3) is 16.8 Å². The Morgan fingerprint density at radius 1 is 0.967 bits per heavy atom. The molecular weight excluding hydrogens is 422 g/mol. The van der Waals surface area contributed by atoms with E-state index >= 15 is 8.78 Å². The molecule has 0 saturated carbocycles. The normalized spacial score (nSPS) is 14.0. The molecule has 1 aliphatic heterocycles. The molecule has 2 heterocycles. The van der Waals surface area contributed by atoms with E-state index in [4.69, 9.17) is 11.6 Å². The molecule has 150 valence electrons. The van der Waals surface area contributed by atoms with E-state index in [2.05, 4.69) is 5.32 Å². The molecule has 0 fully saturated rings. The van der Waals surface area contributed by atoms with Crippen molar-refractivity contribution in [2.75, 3.05) is 5.32 Å². The lowest BCUT2D eigenvalue weighted by Crippen LogP contribution is -2.31. The highest BCUT2D eigenvalue weighted by atomic mass is 35.5. The van der Waals surface area contributed by atoms with Gasteiger partial charge < -0.3 is 9.88 Å². The van der Waals surface area contributed by atoms with E-state index in [0.717, 1.165) is 26.5 Å². The van der Waals surface area contributed by atoms with E-state index < -0.39 is 6.05 Å². The molecule has 1 N–H and O–H groups in total. The average Bonchev–Trinajstić information content (AvgIpc) is 3.08. The summed E-state index contributed by atoms with van der Waals surface area (Å²) in [5.41, 5.74) is 3.28. The lowest BCUT2D eigenvalue weighted by atomic mass is 10.1. The van der Waals surface area contributed by atoms with Gasteiger partial charge in [0.15, 0.2) is 0 Å². The van der Waals surface area contributed by atoms with E-state index in [9.17, 15) is 0 Å². The minimum absolute atomic E-state index is 0.0964. The quantitative estimate of drug-likeness (QED) is 0.329. The van der Waals surface area contributed by atoms with Gasteiger partial charge in [-0.05, 0) is 42.8 Å². The summed E-state index contributed by atoms with van der Waals surface area (Å²) in [5.74, 6) is 0.360. The molecule has 6 heteroatoms. The lowest BCUT2D eigenvalue weighted by Gasteiger charge is -2.29. The zero-order chi connectivity index (χ0) is 20.9. The third kappa shape index (κ3) is 3.28. The summed E-state index contributed by atoms with van der Waals surface area (Å²) in [5, 5.41) is 2.88. The fourth-order valence-electron chi connectivity index (χ4n) is 3.63. The number of nitrogens with zero attached hydrogens (tertiary/aromatic N) is 1. The maximum atomic E-state index is 15.0. The van der Waals surface area contributed by atoms with E-state index in [1.165, 1.54) is 23.9 Å². The summed E-state index contributed by atoms with van der Waals surface area (Å²) >= 11 is 7.63.